The van der Waals surface area contributed by atoms with Crippen LogP contribution in [0.25, 0.3) is 6.08 Å². The van der Waals surface area contributed by atoms with Gasteiger partial charge in [0.2, 0.25) is 0 Å². The van der Waals surface area contributed by atoms with Crippen molar-refractivity contribution in [2.75, 3.05) is 26.7 Å². The highest BCUT2D eigenvalue weighted by atomic mass is 35.5. The van der Waals surface area contributed by atoms with E-state index in [1.54, 1.807) is 30.1 Å². The van der Waals surface area contributed by atoms with Crippen molar-refractivity contribution in [3.8, 4) is 0 Å². The summed E-state index contributed by atoms with van der Waals surface area (Å²) in [7, 11) is 1.78. The first-order chi connectivity index (χ1) is 17.9. The van der Waals surface area contributed by atoms with Crippen LogP contribution < -0.4 is 5.32 Å². The van der Waals surface area contributed by atoms with E-state index >= 15 is 0 Å². The molecule has 3 aromatic rings. The van der Waals surface area contributed by atoms with Crippen LogP contribution in [0.5, 0.6) is 0 Å². The summed E-state index contributed by atoms with van der Waals surface area (Å²) in [5.74, 6) is -0.196. The molecule has 1 N–H and O–H groups in total. The molecule has 1 atom stereocenters. The van der Waals surface area contributed by atoms with E-state index in [-0.39, 0.29) is 29.4 Å². The van der Waals surface area contributed by atoms with E-state index in [0.29, 0.717) is 22.2 Å². The van der Waals surface area contributed by atoms with Crippen molar-refractivity contribution in [3.63, 3.8) is 0 Å². The summed E-state index contributed by atoms with van der Waals surface area (Å²) in [6.07, 6.45) is 4.16. The summed E-state index contributed by atoms with van der Waals surface area (Å²) >= 11 is 12.6. The molecule has 2 aliphatic rings. The molecule has 4 nitrogen and oxygen atoms in total. The zero-order valence-electron chi connectivity index (χ0n) is 20.8. The van der Waals surface area contributed by atoms with Crippen molar-refractivity contribution in [2.45, 2.75) is 30.6 Å². The summed E-state index contributed by atoms with van der Waals surface area (Å²) in [4.78, 5) is 28.9. The van der Waals surface area contributed by atoms with Crippen LogP contribution in [-0.2, 0) is 10.2 Å². The Hall–Kier alpha value is -2.92. The number of fused-ring (bicyclic) bond motifs is 2. The maximum absolute atomic E-state index is 14.1. The third kappa shape index (κ3) is 5.11. The van der Waals surface area contributed by atoms with Crippen LogP contribution >= 0.6 is 23.2 Å². The number of carbonyl (C=O) groups excluding carboxylic acids is 2. The topological polar surface area (TPSA) is 49.4 Å². The highest BCUT2D eigenvalue weighted by molar-refractivity contribution is 6.42. The van der Waals surface area contributed by atoms with Crippen LogP contribution in [0.15, 0.2) is 78.4 Å². The monoisotopic (exact) mass is 532 g/mol. The number of ketones is 1. The number of benzene rings is 3. The van der Waals surface area contributed by atoms with Crippen LogP contribution in [0, 0.1) is 0 Å². The van der Waals surface area contributed by atoms with Crippen LogP contribution in [0.1, 0.15) is 52.2 Å². The molecule has 5 rings (SSSR count). The normalized spacial score (nSPS) is 16.7. The average Bonchev–Trinajstić information content (AvgIpc) is 3.23. The lowest BCUT2D eigenvalue weighted by atomic mass is 9.68. The minimum absolute atomic E-state index is 0.0829. The molecule has 6 heteroatoms. The van der Waals surface area contributed by atoms with Gasteiger partial charge in [-0.05, 0) is 73.0 Å². The molecule has 0 radical (unpaired) electrons. The molecular weight excluding hydrogens is 503 g/mol. The summed E-state index contributed by atoms with van der Waals surface area (Å²) in [5, 5.41) is 4.35. The zero-order valence-corrected chi connectivity index (χ0v) is 22.4. The second-order valence-electron chi connectivity index (χ2n) is 10.0. The molecule has 1 amide bonds. The minimum atomic E-state index is -0.257. The van der Waals surface area contributed by atoms with E-state index in [1.165, 1.54) is 5.56 Å². The second kappa shape index (κ2) is 10.8. The molecular formula is C31H30Cl2N2O2. The maximum Gasteiger partial charge on any atom is 0.253 e. The number of amides is 1. The molecule has 1 aliphatic heterocycles. The highest BCUT2D eigenvalue weighted by Crippen LogP contribution is 2.49. The number of Topliss-reactive ketones (excluding diaryl/α,β-unsaturated/α-hetero) is 1. The first-order valence-corrected chi connectivity index (χ1v) is 13.5. The van der Waals surface area contributed by atoms with Gasteiger partial charge in [0.25, 0.3) is 5.91 Å². The fourth-order valence-electron chi connectivity index (χ4n) is 5.84. The van der Waals surface area contributed by atoms with Crippen molar-refractivity contribution in [2.24, 2.45) is 0 Å². The molecule has 1 aliphatic carbocycles. The van der Waals surface area contributed by atoms with Gasteiger partial charge in [-0.1, -0.05) is 71.7 Å². The average molecular weight is 533 g/mol. The molecule has 0 aromatic heterocycles. The number of rotatable bonds is 7. The zero-order chi connectivity index (χ0) is 26.0. The lowest BCUT2D eigenvalue weighted by Gasteiger charge is -2.38. The molecule has 1 fully saturated rings. The number of likely N-dealkylation sites (N-methyl/N-ethyl adjacent to an activating group) is 1. The van der Waals surface area contributed by atoms with Crippen LogP contribution in [-0.4, -0.2) is 43.3 Å². The number of halogens is 2. The quantitative estimate of drug-likeness (QED) is 0.376. The van der Waals surface area contributed by atoms with Crippen molar-refractivity contribution in [3.05, 3.63) is 111 Å². The molecule has 37 heavy (non-hydrogen) atoms. The Morgan fingerprint density at radius 2 is 1.65 bits per heavy atom. The predicted octanol–water partition coefficient (Wildman–Crippen LogP) is 6.53. The number of allylic oxidation sites excluding steroid dienone is 1. The van der Waals surface area contributed by atoms with Gasteiger partial charge in [-0.2, -0.15) is 0 Å². The largest absolute Gasteiger partial charge is 0.341 e. The Labute approximate surface area is 228 Å². The van der Waals surface area contributed by atoms with Gasteiger partial charge in [-0.15, -0.1) is 0 Å². The second-order valence-corrected chi connectivity index (χ2v) is 10.8. The Bertz CT molecular complexity index is 1350. The molecule has 1 heterocycles. The highest BCUT2D eigenvalue weighted by Gasteiger charge is 2.45. The minimum Gasteiger partial charge on any atom is -0.341 e. The molecule has 1 spiro atoms. The van der Waals surface area contributed by atoms with Crippen molar-refractivity contribution >= 4 is 41.0 Å². The molecule has 0 bridgehead atoms. The van der Waals surface area contributed by atoms with Gasteiger partial charge in [-0.25, -0.2) is 0 Å². The SMILES string of the molecule is CN(C[C@@H](CC(=O)C1=Cc2ccccc2C12CCNCC2)c1ccc(Cl)c(Cl)c1)C(=O)c1ccccc1. The van der Waals surface area contributed by atoms with Crippen LogP contribution in [0.4, 0.5) is 0 Å². The number of nitrogens with one attached hydrogen (secondary N) is 1. The lowest BCUT2D eigenvalue weighted by Crippen LogP contribution is -2.42. The number of carbonyl (C=O) groups is 2. The smallest absolute Gasteiger partial charge is 0.253 e. The third-order valence-electron chi connectivity index (χ3n) is 7.76. The Morgan fingerprint density at radius 3 is 2.38 bits per heavy atom. The summed E-state index contributed by atoms with van der Waals surface area (Å²) < 4.78 is 0. The van der Waals surface area contributed by atoms with Gasteiger partial charge in [0.1, 0.15) is 0 Å². The lowest BCUT2D eigenvalue weighted by molar-refractivity contribution is -0.116. The fourth-order valence-corrected chi connectivity index (χ4v) is 6.15. The molecule has 3 aromatic carbocycles. The first kappa shape index (κ1) is 25.7. The van der Waals surface area contributed by atoms with E-state index in [1.807, 2.05) is 36.4 Å². The van der Waals surface area contributed by atoms with E-state index < -0.39 is 0 Å². The fraction of sp³-hybridized carbons (Fsp3) is 0.290. The van der Waals surface area contributed by atoms with E-state index in [4.69, 9.17) is 23.2 Å². The molecule has 1 saturated heterocycles. The van der Waals surface area contributed by atoms with Gasteiger partial charge >= 0.3 is 0 Å². The Morgan fingerprint density at radius 1 is 0.946 bits per heavy atom. The standard InChI is InChI=1S/C31H30Cl2N2O2/c1-35(30(37)21-7-3-2-4-8-21)20-24(22-11-12-27(32)28(33)18-22)19-29(36)26-17-23-9-5-6-10-25(23)31(26)13-15-34-16-14-31/h2-12,17-18,24,34H,13-16,19-20H2,1H3/t24-/m1/s1. The van der Waals surface area contributed by atoms with Gasteiger partial charge in [0.15, 0.2) is 5.78 Å². The Kier molecular flexibility index (Phi) is 7.52. The number of nitrogens with zero attached hydrogens (tertiary/aromatic N) is 1. The number of hydrogen-bond donors (Lipinski definition) is 1. The van der Waals surface area contributed by atoms with Crippen molar-refractivity contribution in [1.29, 1.82) is 0 Å². The van der Waals surface area contributed by atoms with Crippen molar-refractivity contribution < 1.29 is 9.59 Å². The summed E-state index contributed by atoms with van der Waals surface area (Å²) in [5.41, 5.74) is 4.53. The maximum atomic E-state index is 14.1. The summed E-state index contributed by atoms with van der Waals surface area (Å²) in [6, 6.07) is 23.0. The van der Waals surface area contributed by atoms with Gasteiger partial charge in [0.05, 0.1) is 10.0 Å². The van der Waals surface area contributed by atoms with E-state index in [9.17, 15) is 9.59 Å². The summed E-state index contributed by atoms with van der Waals surface area (Å²) in [6.45, 7) is 2.14. The third-order valence-corrected chi connectivity index (χ3v) is 8.50. The first-order valence-electron chi connectivity index (χ1n) is 12.7. The molecule has 190 valence electrons. The van der Waals surface area contributed by atoms with Gasteiger partial charge in [0, 0.05) is 42.5 Å². The molecule has 0 unspecified atom stereocenters. The Balaban J connectivity index is 1.45. The van der Waals surface area contributed by atoms with Crippen LogP contribution in [0.3, 0.4) is 0 Å². The van der Waals surface area contributed by atoms with E-state index in [2.05, 4.69) is 29.6 Å². The van der Waals surface area contributed by atoms with Crippen molar-refractivity contribution in [1.82, 2.24) is 10.2 Å². The van der Waals surface area contributed by atoms with Crippen LogP contribution in [0.2, 0.25) is 10.0 Å². The molecule has 0 saturated carbocycles. The number of piperidine rings is 1. The predicted molar refractivity (Wildman–Crippen MR) is 150 cm³/mol. The van der Waals surface area contributed by atoms with Gasteiger partial charge < -0.3 is 10.2 Å². The van der Waals surface area contributed by atoms with E-state index in [0.717, 1.165) is 42.6 Å². The van der Waals surface area contributed by atoms with Gasteiger partial charge in [-0.3, -0.25) is 9.59 Å². The number of hydrogen-bond acceptors (Lipinski definition) is 3.